The molecular weight excluding hydrogens is 260 g/mol. The number of imidazole rings is 1. The number of halogens is 1. The molecule has 1 saturated heterocycles. The fourth-order valence-electron chi connectivity index (χ4n) is 2.98. The van der Waals surface area contributed by atoms with Crippen molar-refractivity contribution in [3.05, 3.63) is 23.7 Å². The average molecular weight is 279 g/mol. The third kappa shape index (κ3) is 2.23. The summed E-state index contributed by atoms with van der Waals surface area (Å²) in [4.78, 5) is 11.6. The van der Waals surface area contributed by atoms with Gasteiger partial charge in [-0.05, 0) is 45.0 Å². The number of piperidine rings is 1. The van der Waals surface area contributed by atoms with Gasteiger partial charge in [0.15, 0.2) is 5.65 Å². The van der Waals surface area contributed by atoms with Gasteiger partial charge in [0.2, 0.25) is 0 Å². The Morgan fingerprint density at radius 2 is 2.32 bits per heavy atom. The Hall–Kier alpha value is -1.13. The molecule has 19 heavy (non-hydrogen) atoms. The van der Waals surface area contributed by atoms with E-state index in [4.69, 9.17) is 11.6 Å². The van der Waals surface area contributed by atoms with Gasteiger partial charge >= 0.3 is 0 Å². The van der Waals surface area contributed by atoms with Gasteiger partial charge in [0, 0.05) is 18.8 Å². The van der Waals surface area contributed by atoms with Gasteiger partial charge in [-0.3, -0.25) is 0 Å². The zero-order valence-corrected chi connectivity index (χ0v) is 12.2. The lowest BCUT2D eigenvalue weighted by Crippen LogP contribution is -2.34. The number of alkyl halides is 1. The van der Waals surface area contributed by atoms with E-state index in [1.54, 1.807) is 0 Å². The molecule has 1 aliphatic rings. The maximum Gasteiger partial charge on any atom is 0.160 e. The largest absolute Gasteiger partial charge is 0.307 e. The number of aryl methyl sites for hydroxylation is 1. The van der Waals surface area contributed by atoms with Crippen LogP contribution in [-0.4, -0.2) is 39.6 Å². The van der Waals surface area contributed by atoms with Crippen molar-refractivity contribution >= 4 is 22.8 Å². The monoisotopic (exact) mass is 278 g/mol. The normalized spacial score (nSPS) is 21.1. The Bertz CT molecular complexity index is 592. The summed E-state index contributed by atoms with van der Waals surface area (Å²) in [5.41, 5.74) is 3.14. The first kappa shape index (κ1) is 12.9. The van der Waals surface area contributed by atoms with Crippen molar-refractivity contribution in [1.82, 2.24) is 19.4 Å². The Balaban J connectivity index is 2.13. The van der Waals surface area contributed by atoms with Gasteiger partial charge in [0.1, 0.15) is 11.3 Å². The summed E-state index contributed by atoms with van der Waals surface area (Å²) >= 11 is 6.09. The minimum Gasteiger partial charge on any atom is -0.307 e. The maximum atomic E-state index is 6.09. The highest BCUT2D eigenvalue weighted by Gasteiger charge is 2.24. The number of hydrogen-bond acceptors (Lipinski definition) is 3. The van der Waals surface area contributed by atoms with Crippen LogP contribution in [0.1, 0.15) is 30.3 Å². The molecule has 1 aliphatic heterocycles. The molecule has 0 aliphatic carbocycles. The summed E-state index contributed by atoms with van der Waals surface area (Å²) in [5, 5.41) is 0. The molecule has 0 amide bonds. The molecule has 2 aromatic heterocycles. The standard InChI is InChI=1S/C14H19ClN4/c1-10-5-6-16-14-13(10)17-12(8-15)19(14)11-4-3-7-18(2)9-11/h5-6,11H,3-4,7-9H2,1-2H3. The SMILES string of the molecule is Cc1ccnc2c1nc(CCl)n2C1CCCN(C)C1. The van der Waals surface area contributed by atoms with Crippen LogP contribution in [0, 0.1) is 6.92 Å². The van der Waals surface area contributed by atoms with E-state index in [1.807, 2.05) is 12.3 Å². The zero-order valence-electron chi connectivity index (χ0n) is 11.4. The van der Waals surface area contributed by atoms with Gasteiger partial charge in [-0.1, -0.05) is 0 Å². The van der Waals surface area contributed by atoms with Crippen LogP contribution in [0.2, 0.25) is 0 Å². The number of hydrogen-bond donors (Lipinski definition) is 0. The summed E-state index contributed by atoms with van der Waals surface area (Å²) in [6, 6.07) is 2.44. The minimum absolute atomic E-state index is 0.437. The Labute approximate surface area is 118 Å². The number of aromatic nitrogens is 3. The number of likely N-dealkylation sites (tertiary alicyclic amines) is 1. The second kappa shape index (κ2) is 5.10. The molecule has 0 radical (unpaired) electrons. The van der Waals surface area contributed by atoms with Crippen LogP contribution >= 0.6 is 11.6 Å². The highest BCUT2D eigenvalue weighted by molar-refractivity contribution is 6.16. The Kier molecular flexibility index (Phi) is 3.46. The van der Waals surface area contributed by atoms with Crippen molar-refractivity contribution in [3.63, 3.8) is 0 Å². The summed E-state index contributed by atoms with van der Waals surface area (Å²) in [6.07, 6.45) is 4.25. The molecule has 0 aromatic carbocycles. The number of pyridine rings is 1. The van der Waals surface area contributed by atoms with E-state index in [2.05, 4.69) is 33.4 Å². The van der Waals surface area contributed by atoms with E-state index in [0.29, 0.717) is 11.9 Å². The zero-order chi connectivity index (χ0) is 13.4. The third-order valence-corrected chi connectivity index (χ3v) is 4.18. The fourth-order valence-corrected chi connectivity index (χ4v) is 3.17. The fraction of sp³-hybridized carbons (Fsp3) is 0.571. The number of fused-ring (bicyclic) bond motifs is 1. The number of rotatable bonds is 2. The Morgan fingerprint density at radius 3 is 3.05 bits per heavy atom. The molecule has 0 N–H and O–H groups in total. The molecule has 0 bridgehead atoms. The summed E-state index contributed by atoms with van der Waals surface area (Å²) in [7, 11) is 2.17. The molecule has 3 rings (SSSR count). The van der Waals surface area contributed by atoms with Crippen molar-refractivity contribution in [2.45, 2.75) is 31.7 Å². The minimum atomic E-state index is 0.437. The first-order valence-electron chi connectivity index (χ1n) is 6.77. The lowest BCUT2D eigenvalue weighted by atomic mass is 10.1. The van der Waals surface area contributed by atoms with Gasteiger partial charge in [-0.25, -0.2) is 9.97 Å². The van der Waals surface area contributed by atoms with Crippen LogP contribution in [0.4, 0.5) is 0 Å². The van der Waals surface area contributed by atoms with Crippen molar-refractivity contribution in [2.24, 2.45) is 0 Å². The predicted molar refractivity (Wildman–Crippen MR) is 77.6 cm³/mol. The number of nitrogens with zero attached hydrogens (tertiary/aromatic N) is 4. The molecular formula is C14H19ClN4. The number of likely N-dealkylation sites (N-methyl/N-ethyl adjacent to an activating group) is 1. The maximum absolute atomic E-state index is 6.09. The molecule has 1 fully saturated rings. The summed E-state index contributed by atoms with van der Waals surface area (Å²) in [5.74, 6) is 1.38. The quantitative estimate of drug-likeness (QED) is 0.792. The van der Waals surface area contributed by atoms with Gasteiger partial charge in [0.05, 0.1) is 5.88 Å². The smallest absolute Gasteiger partial charge is 0.160 e. The highest BCUT2D eigenvalue weighted by atomic mass is 35.5. The average Bonchev–Trinajstić information content (AvgIpc) is 2.78. The molecule has 0 saturated carbocycles. The van der Waals surface area contributed by atoms with E-state index >= 15 is 0 Å². The molecule has 5 heteroatoms. The van der Waals surface area contributed by atoms with Gasteiger partial charge in [0.25, 0.3) is 0 Å². The topological polar surface area (TPSA) is 34.0 Å². The van der Waals surface area contributed by atoms with E-state index < -0.39 is 0 Å². The predicted octanol–water partition coefficient (Wildman–Crippen LogP) is 2.75. The first-order chi connectivity index (χ1) is 9.20. The van der Waals surface area contributed by atoms with Crippen LogP contribution in [0.25, 0.3) is 11.2 Å². The molecule has 4 nitrogen and oxygen atoms in total. The van der Waals surface area contributed by atoms with Crippen molar-refractivity contribution < 1.29 is 0 Å². The Morgan fingerprint density at radius 1 is 1.47 bits per heavy atom. The van der Waals surface area contributed by atoms with Gasteiger partial charge in [-0.2, -0.15) is 0 Å². The van der Waals surface area contributed by atoms with Gasteiger partial charge in [-0.15, -0.1) is 11.6 Å². The lowest BCUT2D eigenvalue weighted by molar-refractivity contribution is 0.212. The van der Waals surface area contributed by atoms with Crippen molar-refractivity contribution in [1.29, 1.82) is 0 Å². The van der Waals surface area contributed by atoms with Crippen LogP contribution in [0.15, 0.2) is 12.3 Å². The van der Waals surface area contributed by atoms with Crippen LogP contribution in [0.3, 0.4) is 0 Å². The van der Waals surface area contributed by atoms with E-state index in [1.165, 1.54) is 24.9 Å². The van der Waals surface area contributed by atoms with E-state index in [-0.39, 0.29) is 0 Å². The molecule has 1 atom stereocenters. The van der Waals surface area contributed by atoms with Crippen molar-refractivity contribution in [3.8, 4) is 0 Å². The van der Waals surface area contributed by atoms with E-state index in [0.717, 1.165) is 23.5 Å². The van der Waals surface area contributed by atoms with Crippen molar-refractivity contribution in [2.75, 3.05) is 20.1 Å². The third-order valence-electron chi connectivity index (χ3n) is 3.94. The second-order valence-electron chi connectivity index (χ2n) is 5.39. The van der Waals surface area contributed by atoms with E-state index in [9.17, 15) is 0 Å². The van der Waals surface area contributed by atoms with Gasteiger partial charge < -0.3 is 9.47 Å². The molecule has 3 heterocycles. The van der Waals surface area contributed by atoms with Crippen LogP contribution < -0.4 is 0 Å². The second-order valence-corrected chi connectivity index (χ2v) is 5.66. The van der Waals surface area contributed by atoms with Crippen LogP contribution in [0.5, 0.6) is 0 Å². The lowest BCUT2D eigenvalue weighted by Gasteiger charge is -2.31. The molecule has 1 unspecified atom stereocenters. The summed E-state index contributed by atoms with van der Waals surface area (Å²) in [6.45, 7) is 4.29. The summed E-state index contributed by atoms with van der Waals surface area (Å²) < 4.78 is 2.25. The molecule has 102 valence electrons. The molecule has 0 spiro atoms. The first-order valence-corrected chi connectivity index (χ1v) is 7.31. The molecule has 2 aromatic rings. The highest BCUT2D eigenvalue weighted by Crippen LogP contribution is 2.28. The van der Waals surface area contributed by atoms with Crippen LogP contribution in [-0.2, 0) is 5.88 Å².